The Morgan fingerprint density at radius 3 is 2.39 bits per heavy atom. The van der Waals surface area contributed by atoms with Crippen LogP contribution >= 0.6 is 0 Å². The van der Waals surface area contributed by atoms with Gasteiger partial charge in [0, 0.05) is 35.7 Å². The van der Waals surface area contributed by atoms with Gasteiger partial charge >= 0.3 is 6.18 Å². The normalized spacial score (nSPS) is 19.9. The van der Waals surface area contributed by atoms with Crippen LogP contribution in [0.1, 0.15) is 36.0 Å². The van der Waals surface area contributed by atoms with Crippen molar-refractivity contribution in [2.24, 2.45) is 0 Å². The molecular weight excluding hydrogens is 471 g/mol. The molecule has 2 N–H and O–H groups in total. The molecule has 0 amide bonds. The number of phenolic OH excluding ortho intramolecular Hbond substituents is 2. The third kappa shape index (κ3) is 4.73. The van der Waals surface area contributed by atoms with Crippen LogP contribution in [-0.4, -0.2) is 47.0 Å². The van der Waals surface area contributed by atoms with Crippen molar-refractivity contribution in [1.82, 2.24) is 4.90 Å². The number of allylic oxidation sites excluding steroid dienone is 1. The Kier molecular flexibility index (Phi) is 6.30. The molecule has 5 rings (SSSR count). The fourth-order valence-electron chi connectivity index (χ4n) is 4.82. The van der Waals surface area contributed by atoms with Gasteiger partial charge in [0.05, 0.1) is 0 Å². The van der Waals surface area contributed by atoms with Gasteiger partial charge in [-0.3, -0.25) is 4.90 Å². The number of alkyl halides is 3. The summed E-state index contributed by atoms with van der Waals surface area (Å²) in [4.78, 5) is 1.38. The number of ether oxygens (including phenoxy) is 2. The number of likely N-dealkylation sites (tertiary alicyclic amines) is 1. The summed E-state index contributed by atoms with van der Waals surface area (Å²) in [5.41, 5.74) is 3.26. The molecule has 0 saturated carbocycles. The Morgan fingerprint density at radius 2 is 1.72 bits per heavy atom. The summed E-state index contributed by atoms with van der Waals surface area (Å²) in [6, 6.07) is 17.7. The molecule has 0 aromatic heterocycles. The summed E-state index contributed by atoms with van der Waals surface area (Å²) in [5, 5.41) is 20.1. The standard InChI is InChI=1S/C28H26F3NO4/c1-17-23-16-21(34)7-10-24(23)36-27(26(17)19-3-2-4-20(33)15-19)18-5-8-22(9-6-18)35-14-13-32-12-11-25(32)28(29,30)31/h2-10,15-17,25,33-34H,11-14H2,1H3/t17?,25-/m0/s1. The lowest BCUT2D eigenvalue weighted by atomic mass is 9.83. The third-order valence-corrected chi connectivity index (χ3v) is 6.78. The highest BCUT2D eigenvalue weighted by atomic mass is 19.4. The van der Waals surface area contributed by atoms with Crippen LogP contribution in [0.15, 0.2) is 66.7 Å². The number of fused-ring (bicyclic) bond motifs is 1. The summed E-state index contributed by atoms with van der Waals surface area (Å²) >= 11 is 0. The van der Waals surface area contributed by atoms with Crippen molar-refractivity contribution in [2.45, 2.75) is 31.5 Å². The molecule has 2 heterocycles. The SMILES string of the molecule is CC1C(c2cccc(O)c2)=C(c2ccc(OCCN3CC[C@H]3C(F)(F)F)cc2)Oc2ccc(O)cc21. The van der Waals surface area contributed by atoms with Crippen LogP contribution in [0.5, 0.6) is 23.0 Å². The molecule has 188 valence electrons. The quantitative estimate of drug-likeness (QED) is 0.426. The Morgan fingerprint density at radius 1 is 0.972 bits per heavy atom. The Bertz CT molecular complexity index is 1290. The van der Waals surface area contributed by atoms with Gasteiger partial charge in [-0.05, 0) is 66.6 Å². The first-order valence-electron chi connectivity index (χ1n) is 11.8. The summed E-state index contributed by atoms with van der Waals surface area (Å²) in [6.45, 7) is 2.81. The summed E-state index contributed by atoms with van der Waals surface area (Å²) < 4.78 is 50.7. The first-order chi connectivity index (χ1) is 17.2. The van der Waals surface area contributed by atoms with E-state index in [9.17, 15) is 23.4 Å². The van der Waals surface area contributed by atoms with E-state index in [0.29, 0.717) is 23.8 Å². The van der Waals surface area contributed by atoms with Gasteiger partial charge in [-0.2, -0.15) is 13.2 Å². The third-order valence-electron chi connectivity index (χ3n) is 6.78. The lowest BCUT2D eigenvalue weighted by Gasteiger charge is -2.41. The van der Waals surface area contributed by atoms with E-state index < -0.39 is 12.2 Å². The smallest absolute Gasteiger partial charge is 0.404 e. The van der Waals surface area contributed by atoms with Crippen LogP contribution in [0.25, 0.3) is 11.3 Å². The van der Waals surface area contributed by atoms with Gasteiger partial charge in [0.2, 0.25) is 0 Å². The molecule has 2 atom stereocenters. The molecule has 3 aromatic rings. The number of rotatable bonds is 6. The zero-order valence-electron chi connectivity index (χ0n) is 19.6. The first kappa shape index (κ1) is 24.1. The van der Waals surface area contributed by atoms with Crippen LogP contribution in [0.2, 0.25) is 0 Å². The van der Waals surface area contributed by atoms with Crippen molar-refractivity contribution >= 4 is 11.3 Å². The molecule has 1 unspecified atom stereocenters. The largest absolute Gasteiger partial charge is 0.508 e. The highest BCUT2D eigenvalue weighted by Crippen LogP contribution is 2.48. The van der Waals surface area contributed by atoms with Crippen molar-refractivity contribution in [3.05, 3.63) is 83.4 Å². The zero-order valence-corrected chi connectivity index (χ0v) is 19.6. The summed E-state index contributed by atoms with van der Waals surface area (Å²) in [7, 11) is 0. The molecule has 36 heavy (non-hydrogen) atoms. The van der Waals surface area contributed by atoms with Gasteiger partial charge < -0.3 is 19.7 Å². The van der Waals surface area contributed by atoms with E-state index in [1.807, 2.05) is 25.1 Å². The topological polar surface area (TPSA) is 62.2 Å². The van der Waals surface area contributed by atoms with Gasteiger partial charge in [0.15, 0.2) is 0 Å². The summed E-state index contributed by atoms with van der Waals surface area (Å²) in [5.74, 6) is 1.94. The van der Waals surface area contributed by atoms with Gasteiger partial charge in [0.1, 0.15) is 41.4 Å². The molecule has 0 radical (unpaired) electrons. The first-order valence-corrected chi connectivity index (χ1v) is 11.8. The molecule has 1 fully saturated rings. The number of phenols is 2. The second-order valence-corrected chi connectivity index (χ2v) is 9.09. The van der Waals surface area contributed by atoms with E-state index >= 15 is 0 Å². The maximum absolute atomic E-state index is 12.9. The van der Waals surface area contributed by atoms with Crippen LogP contribution in [-0.2, 0) is 0 Å². The average Bonchev–Trinajstić information content (AvgIpc) is 2.80. The van der Waals surface area contributed by atoms with Crippen LogP contribution in [0, 0.1) is 0 Å². The van der Waals surface area contributed by atoms with Crippen molar-refractivity contribution in [3.8, 4) is 23.0 Å². The Balaban J connectivity index is 1.38. The van der Waals surface area contributed by atoms with E-state index in [2.05, 4.69) is 0 Å². The number of hydrogen-bond acceptors (Lipinski definition) is 5. The minimum absolute atomic E-state index is 0.131. The fourth-order valence-corrected chi connectivity index (χ4v) is 4.82. The number of nitrogens with zero attached hydrogens (tertiary/aromatic N) is 1. The molecule has 0 bridgehead atoms. The van der Waals surface area contributed by atoms with Gasteiger partial charge in [-0.15, -0.1) is 0 Å². The van der Waals surface area contributed by atoms with Crippen LogP contribution in [0.3, 0.4) is 0 Å². The number of benzene rings is 3. The highest BCUT2D eigenvalue weighted by molar-refractivity contribution is 5.93. The fraction of sp³-hybridized carbons (Fsp3) is 0.286. The number of halogens is 3. The molecule has 0 aliphatic carbocycles. The molecule has 1 saturated heterocycles. The molecule has 3 aromatic carbocycles. The number of aromatic hydroxyl groups is 2. The highest BCUT2D eigenvalue weighted by Gasteiger charge is 2.48. The molecule has 2 aliphatic rings. The minimum atomic E-state index is -4.20. The Labute approximate surface area is 207 Å². The van der Waals surface area contributed by atoms with Crippen molar-refractivity contribution in [3.63, 3.8) is 0 Å². The second-order valence-electron chi connectivity index (χ2n) is 9.09. The maximum Gasteiger partial charge on any atom is 0.404 e. The lowest BCUT2D eigenvalue weighted by molar-refractivity contribution is -0.210. The molecule has 5 nitrogen and oxygen atoms in total. The average molecular weight is 498 g/mol. The van der Waals surface area contributed by atoms with Gasteiger partial charge in [0.25, 0.3) is 0 Å². The predicted molar refractivity (Wildman–Crippen MR) is 130 cm³/mol. The lowest BCUT2D eigenvalue weighted by Crippen LogP contribution is -2.56. The molecule has 8 heteroatoms. The predicted octanol–water partition coefficient (Wildman–Crippen LogP) is 6.18. The second kappa shape index (κ2) is 9.43. The van der Waals surface area contributed by atoms with E-state index in [-0.39, 0.29) is 37.0 Å². The Hall–Kier alpha value is -3.65. The summed E-state index contributed by atoms with van der Waals surface area (Å²) in [6.07, 6.45) is -4.06. The number of hydrogen-bond donors (Lipinski definition) is 2. The molecule has 0 spiro atoms. The van der Waals surface area contributed by atoms with Crippen molar-refractivity contribution in [2.75, 3.05) is 19.7 Å². The molecular formula is C28H26F3NO4. The monoisotopic (exact) mass is 497 g/mol. The van der Waals surface area contributed by atoms with Crippen molar-refractivity contribution < 1.29 is 32.9 Å². The molecule has 2 aliphatic heterocycles. The van der Waals surface area contributed by atoms with Gasteiger partial charge in [-0.25, -0.2) is 0 Å². The van der Waals surface area contributed by atoms with Gasteiger partial charge in [-0.1, -0.05) is 19.1 Å². The van der Waals surface area contributed by atoms with E-state index in [1.165, 1.54) is 4.90 Å². The van der Waals surface area contributed by atoms with E-state index in [1.54, 1.807) is 48.5 Å². The van der Waals surface area contributed by atoms with E-state index in [0.717, 1.165) is 22.3 Å². The van der Waals surface area contributed by atoms with Crippen LogP contribution in [0.4, 0.5) is 13.2 Å². The van der Waals surface area contributed by atoms with E-state index in [4.69, 9.17) is 9.47 Å². The zero-order chi connectivity index (χ0) is 25.4. The minimum Gasteiger partial charge on any atom is -0.508 e. The van der Waals surface area contributed by atoms with Crippen LogP contribution < -0.4 is 9.47 Å². The van der Waals surface area contributed by atoms with Crippen molar-refractivity contribution in [1.29, 1.82) is 0 Å². The maximum atomic E-state index is 12.9.